The van der Waals surface area contributed by atoms with E-state index in [4.69, 9.17) is 4.74 Å². The summed E-state index contributed by atoms with van der Waals surface area (Å²) in [6.07, 6.45) is 6.50. The van der Waals surface area contributed by atoms with Crippen molar-refractivity contribution < 1.29 is 4.74 Å². The van der Waals surface area contributed by atoms with Crippen LogP contribution in [0.3, 0.4) is 0 Å². The third-order valence-corrected chi connectivity index (χ3v) is 3.81. The summed E-state index contributed by atoms with van der Waals surface area (Å²) < 4.78 is 5.86. The molecule has 0 radical (unpaired) electrons. The highest BCUT2D eigenvalue weighted by Crippen LogP contribution is 2.44. The fraction of sp³-hybridized carbons (Fsp3) is 0.375. The van der Waals surface area contributed by atoms with Gasteiger partial charge in [-0.1, -0.05) is 52.0 Å². The average Bonchev–Trinajstić information content (AvgIpc) is 2.25. The molecule has 1 aromatic rings. The molecule has 0 N–H and O–H groups in total. The summed E-state index contributed by atoms with van der Waals surface area (Å²) in [7, 11) is 0. The first-order valence-electron chi connectivity index (χ1n) is 6.06. The van der Waals surface area contributed by atoms with Crippen LogP contribution in [0.25, 0.3) is 0 Å². The summed E-state index contributed by atoms with van der Waals surface area (Å²) >= 11 is 0. The summed E-state index contributed by atoms with van der Waals surface area (Å²) in [5.41, 5.74) is 0.266. The van der Waals surface area contributed by atoms with Crippen LogP contribution in [0.15, 0.2) is 54.3 Å². The van der Waals surface area contributed by atoms with Crippen molar-refractivity contribution in [1.29, 1.82) is 0 Å². The molecule has 90 valence electrons. The summed E-state index contributed by atoms with van der Waals surface area (Å²) in [5, 5.41) is 0. The Labute approximate surface area is 104 Å². The molecule has 0 fully saturated rings. The van der Waals surface area contributed by atoms with Crippen molar-refractivity contribution in [2.45, 2.75) is 27.7 Å². The molecule has 1 nitrogen and oxygen atoms in total. The quantitative estimate of drug-likeness (QED) is 0.720. The molecule has 0 aromatic heterocycles. The van der Waals surface area contributed by atoms with Gasteiger partial charge >= 0.3 is 0 Å². The molecule has 0 saturated heterocycles. The standard InChI is InChI=1S/C16H20O/c1-15(2)11-10-14(12-16(15,3)4)17-13-8-6-5-7-9-13/h5-12H,1-4H3. The average molecular weight is 228 g/mol. The largest absolute Gasteiger partial charge is 0.458 e. The first-order chi connectivity index (χ1) is 7.91. The van der Waals surface area contributed by atoms with E-state index in [2.05, 4.69) is 45.9 Å². The van der Waals surface area contributed by atoms with Crippen LogP contribution in [0.2, 0.25) is 0 Å². The highest BCUT2D eigenvalue weighted by Gasteiger charge is 2.35. The second-order valence-corrected chi connectivity index (χ2v) is 5.74. The maximum atomic E-state index is 5.86. The fourth-order valence-electron chi connectivity index (χ4n) is 1.78. The van der Waals surface area contributed by atoms with E-state index in [1.54, 1.807) is 0 Å². The minimum atomic E-state index is 0.103. The van der Waals surface area contributed by atoms with Gasteiger partial charge < -0.3 is 4.74 Å². The highest BCUT2D eigenvalue weighted by molar-refractivity contribution is 5.31. The van der Waals surface area contributed by atoms with Crippen molar-refractivity contribution in [2.24, 2.45) is 10.8 Å². The zero-order valence-electron chi connectivity index (χ0n) is 11.0. The Morgan fingerprint density at radius 3 is 2.12 bits per heavy atom. The van der Waals surface area contributed by atoms with E-state index in [0.29, 0.717) is 0 Å². The van der Waals surface area contributed by atoms with Crippen molar-refractivity contribution in [2.75, 3.05) is 0 Å². The molecule has 1 aliphatic rings. The van der Waals surface area contributed by atoms with Gasteiger partial charge in [0, 0.05) is 0 Å². The van der Waals surface area contributed by atoms with Crippen LogP contribution in [0, 0.1) is 10.8 Å². The number of para-hydroxylation sites is 1. The maximum absolute atomic E-state index is 5.86. The molecule has 1 aliphatic carbocycles. The molecular formula is C16H20O. The molecule has 1 heteroatoms. The molecule has 0 unspecified atom stereocenters. The van der Waals surface area contributed by atoms with Gasteiger partial charge in [-0.05, 0) is 35.1 Å². The molecule has 1 aromatic carbocycles. The molecule has 0 saturated carbocycles. The van der Waals surface area contributed by atoms with E-state index in [0.717, 1.165) is 11.5 Å². The van der Waals surface area contributed by atoms with Crippen LogP contribution in [0.5, 0.6) is 5.75 Å². The lowest BCUT2D eigenvalue weighted by molar-refractivity contribution is 0.218. The minimum Gasteiger partial charge on any atom is -0.458 e. The Bertz CT molecular complexity index is 450. The van der Waals surface area contributed by atoms with E-state index < -0.39 is 0 Å². The van der Waals surface area contributed by atoms with E-state index in [1.165, 1.54) is 0 Å². The zero-order chi connectivity index (χ0) is 12.5. The second kappa shape index (κ2) is 4.06. The van der Waals surface area contributed by atoms with Crippen LogP contribution in [-0.2, 0) is 0 Å². The fourth-order valence-corrected chi connectivity index (χ4v) is 1.78. The van der Waals surface area contributed by atoms with E-state index in [9.17, 15) is 0 Å². The maximum Gasteiger partial charge on any atom is 0.127 e. The molecule has 0 aliphatic heterocycles. The topological polar surface area (TPSA) is 9.23 Å². The van der Waals surface area contributed by atoms with Crippen molar-refractivity contribution >= 4 is 0 Å². The predicted molar refractivity (Wildman–Crippen MR) is 71.9 cm³/mol. The smallest absolute Gasteiger partial charge is 0.127 e. The van der Waals surface area contributed by atoms with Crippen molar-refractivity contribution in [3.05, 3.63) is 54.3 Å². The van der Waals surface area contributed by atoms with Gasteiger partial charge in [-0.3, -0.25) is 0 Å². The summed E-state index contributed by atoms with van der Waals surface area (Å²) in [6, 6.07) is 9.91. The first-order valence-corrected chi connectivity index (χ1v) is 6.06. The van der Waals surface area contributed by atoms with Crippen molar-refractivity contribution in [1.82, 2.24) is 0 Å². The van der Waals surface area contributed by atoms with Crippen LogP contribution in [0.4, 0.5) is 0 Å². The van der Waals surface area contributed by atoms with Crippen molar-refractivity contribution in [3.63, 3.8) is 0 Å². The Kier molecular flexibility index (Phi) is 2.86. The van der Waals surface area contributed by atoms with Crippen LogP contribution >= 0.6 is 0 Å². The number of benzene rings is 1. The lowest BCUT2D eigenvalue weighted by atomic mass is 9.65. The zero-order valence-corrected chi connectivity index (χ0v) is 11.0. The second-order valence-electron chi connectivity index (χ2n) is 5.74. The van der Waals surface area contributed by atoms with Crippen LogP contribution in [-0.4, -0.2) is 0 Å². The minimum absolute atomic E-state index is 0.103. The molecule has 0 heterocycles. The summed E-state index contributed by atoms with van der Waals surface area (Å²) in [5.74, 6) is 1.82. The Morgan fingerprint density at radius 1 is 0.882 bits per heavy atom. The van der Waals surface area contributed by atoms with Crippen LogP contribution in [0.1, 0.15) is 27.7 Å². The number of ether oxygens (including phenoxy) is 1. The van der Waals surface area contributed by atoms with Crippen LogP contribution < -0.4 is 4.74 Å². The summed E-state index contributed by atoms with van der Waals surface area (Å²) in [6.45, 7) is 8.98. The van der Waals surface area contributed by atoms with Gasteiger partial charge in [0.15, 0.2) is 0 Å². The monoisotopic (exact) mass is 228 g/mol. The molecule has 17 heavy (non-hydrogen) atoms. The third kappa shape index (κ3) is 2.44. The lowest BCUT2D eigenvalue weighted by Crippen LogP contribution is -2.31. The Balaban J connectivity index is 2.20. The van der Waals surface area contributed by atoms with Gasteiger partial charge in [0.2, 0.25) is 0 Å². The normalized spacial score (nSPS) is 20.8. The molecular weight excluding hydrogens is 208 g/mol. The van der Waals surface area contributed by atoms with E-state index in [1.807, 2.05) is 30.3 Å². The van der Waals surface area contributed by atoms with Gasteiger partial charge in [0.05, 0.1) is 0 Å². The first kappa shape index (κ1) is 12.0. The van der Waals surface area contributed by atoms with Crippen molar-refractivity contribution in [3.8, 4) is 5.75 Å². The number of allylic oxidation sites excluding steroid dienone is 3. The van der Waals surface area contributed by atoms with E-state index in [-0.39, 0.29) is 10.8 Å². The third-order valence-electron chi connectivity index (χ3n) is 3.81. The summed E-state index contributed by atoms with van der Waals surface area (Å²) in [4.78, 5) is 0. The molecule has 0 bridgehead atoms. The predicted octanol–water partition coefficient (Wildman–Crippen LogP) is 4.57. The Morgan fingerprint density at radius 2 is 1.53 bits per heavy atom. The Hall–Kier alpha value is -1.50. The van der Waals surface area contributed by atoms with E-state index >= 15 is 0 Å². The van der Waals surface area contributed by atoms with Gasteiger partial charge in [-0.2, -0.15) is 0 Å². The molecule has 0 atom stereocenters. The number of rotatable bonds is 2. The molecule has 0 amide bonds. The number of hydrogen-bond donors (Lipinski definition) is 0. The number of hydrogen-bond acceptors (Lipinski definition) is 1. The highest BCUT2D eigenvalue weighted by atomic mass is 16.5. The SMILES string of the molecule is CC1(C)C=CC(Oc2ccccc2)=CC1(C)C. The van der Waals surface area contributed by atoms with Gasteiger partial charge in [0.1, 0.15) is 11.5 Å². The van der Waals surface area contributed by atoms with Gasteiger partial charge in [0.25, 0.3) is 0 Å². The van der Waals surface area contributed by atoms with Gasteiger partial charge in [-0.15, -0.1) is 0 Å². The molecule has 2 rings (SSSR count). The lowest BCUT2D eigenvalue weighted by Gasteiger charge is -2.39. The molecule has 0 spiro atoms. The van der Waals surface area contributed by atoms with Gasteiger partial charge in [-0.25, -0.2) is 0 Å².